The zero-order valence-electron chi connectivity index (χ0n) is 13.9. The fraction of sp³-hybridized carbons (Fsp3) is 0.368. The number of aliphatic hydroxyl groups excluding tert-OH is 2. The van der Waals surface area contributed by atoms with Gasteiger partial charge in [0.25, 0.3) is 0 Å². The van der Waals surface area contributed by atoms with Crippen LogP contribution in [0.5, 0.6) is 5.75 Å². The molecule has 2 N–H and O–H groups in total. The molecule has 0 amide bonds. The van der Waals surface area contributed by atoms with Gasteiger partial charge in [0.15, 0.2) is 0 Å². The Hall–Kier alpha value is -1.59. The first kappa shape index (κ1) is 18.7. The number of hydrogen-bond acceptors (Lipinski definition) is 4. The second-order valence-corrected chi connectivity index (χ2v) is 5.97. The van der Waals surface area contributed by atoms with Gasteiger partial charge in [-0.3, -0.25) is 4.90 Å². The van der Waals surface area contributed by atoms with Crippen molar-refractivity contribution in [3.05, 3.63) is 64.7 Å². The van der Waals surface area contributed by atoms with E-state index in [2.05, 4.69) is 4.90 Å². The summed E-state index contributed by atoms with van der Waals surface area (Å²) in [5, 5.41) is 19.5. The summed E-state index contributed by atoms with van der Waals surface area (Å²) in [6.45, 7) is 1.05. The van der Waals surface area contributed by atoms with Crippen LogP contribution in [0.3, 0.4) is 0 Å². The summed E-state index contributed by atoms with van der Waals surface area (Å²) in [6, 6.07) is 15.6. The summed E-state index contributed by atoms with van der Waals surface area (Å²) in [6.07, 6.45) is 0.700. The van der Waals surface area contributed by atoms with Crippen LogP contribution in [-0.2, 0) is 6.42 Å². The molecule has 0 aromatic heterocycles. The number of benzene rings is 2. The van der Waals surface area contributed by atoms with E-state index in [9.17, 15) is 10.2 Å². The summed E-state index contributed by atoms with van der Waals surface area (Å²) in [5.41, 5.74) is 2.14. The average Bonchev–Trinajstić information content (AvgIpc) is 2.61. The Balaban J connectivity index is 2.33. The second kappa shape index (κ2) is 9.64. The molecule has 1 atom stereocenters. The number of nitrogens with zero attached hydrogens (tertiary/aromatic N) is 1. The molecule has 0 aliphatic rings. The minimum absolute atomic E-state index is 0.00936. The molecular formula is C19H24ClNO3. The van der Waals surface area contributed by atoms with Gasteiger partial charge in [0.05, 0.1) is 20.3 Å². The lowest BCUT2D eigenvalue weighted by molar-refractivity contribution is 0.121. The van der Waals surface area contributed by atoms with Gasteiger partial charge in [-0.1, -0.05) is 41.9 Å². The Morgan fingerprint density at radius 3 is 2.17 bits per heavy atom. The molecule has 130 valence electrons. The van der Waals surface area contributed by atoms with E-state index < -0.39 is 0 Å². The highest BCUT2D eigenvalue weighted by Gasteiger charge is 2.21. The Bertz CT molecular complexity index is 612. The average molecular weight is 350 g/mol. The lowest BCUT2D eigenvalue weighted by atomic mass is 9.97. The van der Waals surface area contributed by atoms with Crippen molar-refractivity contribution in [1.82, 2.24) is 4.90 Å². The molecule has 2 aromatic carbocycles. The van der Waals surface area contributed by atoms with Gasteiger partial charge in [0, 0.05) is 24.2 Å². The summed E-state index contributed by atoms with van der Waals surface area (Å²) in [4.78, 5) is 2.07. The number of halogens is 1. The third kappa shape index (κ3) is 4.95. The van der Waals surface area contributed by atoms with Gasteiger partial charge < -0.3 is 14.9 Å². The van der Waals surface area contributed by atoms with E-state index in [1.807, 2.05) is 48.5 Å². The normalized spacial score (nSPS) is 12.4. The van der Waals surface area contributed by atoms with Gasteiger partial charge >= 0.3 is 0 Å². The number of rotatable bonds is 9. The summed E-state index contributed by atoms with van der Waals surface area (Å²) in [5.74, 6) is 0.797. The zero-order chi connectivity index (χ0) is 17.4. The fourth-order valence-electron chi connectivity index (χ4n) is 2.84. The minimum atomic E-state index is 0.00936. The number of ether oxygens (including phenoxy) is 1. The molecule has 0 radical (unpaired) electrons. The van der Waals surface area contributed by atoms with Crippen LogP contribution in [0, 0.1) is 0 Å². The van der Waals surface area contributed by atoms with Crippen LogP contribution in [0.25, 0.3) is 0 Å². The van der Waals surface area contributed by atoms with Crippen LogP contribution in [0.4, 0.5) is 0 Å². The molecule has 4 nitrogen and oxygen atoms in total. The van der Waals surface area contributed by atoms with E-state index >= 15 is 0 Å². The third-order valence-corrected chi connectivity index (χ3v) is 4.46. The maximum Gasteiger partial charge on any atom is 0.118 e. The van der Waals surface area contributed by atoms with E-state index in [-0.39, 0.29) is 19.3 Å². The van der Waals surface area contributed by atoms with Crippen LogP contribution in [-0.4, -0.2) is 48.5 Å². The van der Waals surface area contributed by atoms with Crippen molar-refractivity contribution in [2.45, 2.75) is 12.5 Å². The molecule has 0 spiro atoms. The highest BCUT2D eigenvalue weighted by atomic mass is 35.5. The third-order valence-electron chi connectivity index (χ3n) is 4.09. The SMILES string of the molecule is COc1ccc([C@H](Cc2ccccc2Cl)N(CCO)CCO)cc1. The molecule has 0 saturated carbocycles. The monoisotopic (exact) mass is 349 g/mol. The first-order chi connectivity index (χ1) is 11.7. The molecular weight excluding hydrogens is 326 g/mol. The number of hydrogen-bond donors (Lipinski definition) is 2. The molecule has 2 aromatic rings. The fourth-order valence-corrected chi connectivity index (χ4v) is 3.05. The molecule has 0 aliphatic carbocycles. The van der Waals surface area contributed by atoms with Gasteiger partial charge in [-0.15, -0.1) is 0 Å². The van der Waals surface area contributed by atoms with Crippen molar-refractivity contribution in [3.63, 3.8) is 0 Å². The maximum atomic E-state index is 9.39. The molecule has 0 aliphatic heterocycles. The van der Waals surface area contributed by atoms with Crippen molar-refractivity contribution in [2.24, 2.45) is 0 Å². The van der Waals surface area contributed by atoms with E-state index in [0.717, 1.165) is 21.9 Å². The van der Waals surface area contributed by atoms with E-state index in [1.54, 1.807) is 7.11 Å². The minimum Gasteiger partial charge on any atom is -0.497 e. The predicted octanol–water partition coefficient (Wildman–Crippen LogP) is 2.92. The number of aliphatic hydroxyl groups is 2. The van der Waals surface area contributed by atoms with Gasteiger partial charge in [-0.25, -0.2) is 0 Å². The zero-order valence-corrected chi connectivity index (χ0v) is 14.6. The Labute approximate surface area is 148 Å². The van der Waals surface area contributed by atoms with Crippen LogP contribution in [0.15, 0.2) is 48.5 Å². The highest BCUT2D eigenvalue weighted by molar-refractivity contribution is 6.31. The van der Waals surface area contributed by atoms with Gasteiger partial charge in [-0.05, 0) is 35.7 Å². The second-order valence-electron chi connectivity index (χ2n) is 5.57. The van der Waals surface area contributed by atoms with Crippen LogP contribution in [0.1, 0.15) is 17.2 Å². The van der Waals surface area contributed by atoms with Crippen LogP contribution < -0.4 is 4.74 Å². The Morgan fingerprint density at radius 2 is 1.62 bits per heavy atom. The molecule has 0 heterocycles. The van der Waals surface area contributed by atoms with Crippen LogP contribution in [0.2, 0.25) is 5.02 Å². The van der Waals surface area contributed by atoms with E-state index in [4.69, 9.17) is 16.3 Å². The molecule has 0 fully saturated rings. The highest BCUT2D eigenvalue weighted by Crippen LogP contribution is 2.29. The maximum absolute atomic E-state index is 9.39. The molecule has 0 saturated heterocycles. The van der Waals surface area contributed by atoms with Crippen molar-refractivity contribution >= 4 is 11.6 Å². The first-order valence-corrected chi connectivity index (χ1v) is 8.40. The molecule has 5 heteroatoms. The van der Waals surface area contributed by atoms with Crippen molar-refractivity contribution in [2.75, 3.05) is 33.4 Å². The Morgan fingerprint density at radius 1 is 1.00 bits per heavy atom. The van der Waals surface area contributed by atoms with Crippen LogP contribution >= 0.6 is 11.6 Å². The smallest absolute Gasteiger partial charge is 0.118 e. The molecule has 0 unspecified atom stereocenters. The van der Waals surface area contributed by atoms with Crippen molar-refractivity contribution in [3.8, 4) is 5.75 Å². The lowest BCUT2D eigenvalue weighted by Crippen LogP contribution is -2.35. The Kier molecular flexibility index (Phi) is 7.53. The first-order valence-electron chi connectivity index (χ1n) is 8.02. The topological polar surface area (TPSA) is 52.9 Å². The van der Waals surface area contributed by atoms with E-state index in [0.29, 0.717) is 19.5 Å². The molecule has 24 heavy (non-hydrogen) atoms. The van der Waals surface area contributed by atoms with Gasteiger partial charge in [-0.2, -0.15) is 0 Å². The van der Waals surface area contributed by atoms with Crippen molar-refractivity contribution in [1.29, 1.82) is 0 Å². The predicted molar refractivity (Wildman–Crippen MR) is 96.6 cm³/mol. The lowest BCUT2D eigenvalue weighted by Gasteiger charge is -2.31. The summed E-state index contributed by atoms with van der Waals surface area (Å²) >= 11 is 6.32. The number of methoxy groups -OCH3 is 1. The van der Waals surface area contributed by atoms with Gasteiger partial charge in [0.2, 0.25) is 0 Å². The molecule has 2 rings (SSSR count). The van der Waals surface area contributed by atoms with E-state index in [1.165, 1.54) is 0 Å². The van der Waals surface area contributed by atoms with Gasteiger partial charge in [0.1, 0.15) is 5.75 Å². The van der Waals surface area contributed by atoms with Crippen molar-refractivity contribution < 1.29 is 14.9 Å². The summed E-state index contributed by atoms with van der Waals surface area (Å²) < 4.78 is 5.23. The quantitative estimate of drug-likeness (QED) is 0.731. The largest absolute Gasteiger partial charge is 0.497 e. The summed E-state index contributed by atoms with van der Waals surface area (Å²) in [7, 11) is 1.64. The molecule has 0 bridgehead atoms. The standard InChI is InChI=1S/C19H24ClNO3/c1-24-17-8-6-15(7-9-17)19(21(10-12-22)11-13-23)14-16-4-2-3-5-18(16)20/h2-9,19,22-23H,10-14H2,1H3/t19-/m0/s1.